The van der Waals surface area contributed by atoms with Gasteiger partial charge in [-0.1, -0.05) is 19.3 Å². The van der Waals surface area contributed by atoms with E-state index in [1.165, 1.54) is 6.42 Å². The van der Waals surface area contributed by atoms with Gasteiger partial charge in [-0.2, -0.15) is 0 Å². The van der Waals surface area contributed by atoms with Crippen LogP contribution in [0.15, 0.2) is 0 Å². The first kappa shape index (κ1) is 11.9. The largest absolute Gasteiger partial charge is 0.462 e. The normalized spacial score (nSPS) is 28.9. The summed E-state index contributed by atoms with van der Waals surface area (Å²) in [6.45, 7) is 1.16. The number of ether oxygens (including phenoxy) is 2. The molecule has 2 aliphatic rings. The third-order valence-electron chi connectivity index (χ3n) is 3.58. The number of rotatable bonds is 3. The molecule has 0 amide bonds. The van der Waals surface area contributed by atoms with Crippen LogP contribution in [0.3, 0.4) is 0 Å². The molecule has 1 atom stereocenters. The SMILES string of the molecule is NC1(C(=O)OCC2CCCO2)CCCCC1. The minimum Gasteiger partial charge on any atom is -0.462 e. The summed E-state index contributed by atoms with van der Waals surface area (Å²) in [5.74, 6) is -0.234. The second kappa shape index (κ2) is 5.15. The highest BCUT2D eigenvalue weighted by Crippen LogP contribution is 2.27. The molecule has 16 heavy (non-hydrogen) atoms. The Balaban J connectivity index is 1.77. The molecule has 1 aliphatic carbocycles. The Morgan fingerprint density at radius 1 is 1.31 bits per heavy atom. The van der Waals surface area contributed by atoms with Crippen LogP contribution in [-0.4, -0.2) is 30.8 Å². The fraction of sp³-hybridized carbons (Fsp3) is 0.917. The van der Waals surface area contributed by atoms with Crippen LogP contribution in [0.5, 0.6) is 0 Å². The average Bonchev–Trinajstić information content (AvgIpc) is 2.79. The Hall–Kier alpha value is -0.610. The Morgan fingerprint density at radius 3 is 2.69 bits per heavy atom. The Labute approximate surface area is 96.5 Å². The molecule has 2 fully saturated rings. The van der Waals surface area contributed by atoms with Crippen molar-refractivity contribution in [3.63, 3.8) is 0 Å². The lowest BCUT2D eigenvalue weighted by Crippen LogP contribution is -2.50. The second-order valence-electron chi connectivity index (χ2n) is 4.95. The second-order valence-corrected chi connectivity index (χ2v) is 4.95. The Morgan fingerprint density at radius 2 is 2.06 bits per heavy atom. The monoisotopic (exact) mass is 227 g/mol. The molecule has 0 bridgehead atoms. The van der Waals surface area contributed by atoms with Gasteiger partial charge < -0.3 is 15.2 Å². The zero-order valence-electron chi connectivity index (χ0n) is 9.74. The summed E-state index contributed by atoms with van der Waals surface area (Å²) in [5, 5.41) is 0. The van der Waals surface area contributed by atoms with Crippen LogP contribution in [0.25, 0.3) is 0 Å². The summed E-state index contributed by atoms with van der Waals surface area (Å²) >= 11 is 0. The topological polar surface area (TPSA) is 61.6 Å². The van der Waals surface area contributed by atoms with Gasteiger partial charge in [0, 0.05) is 6.61 Å². The molecule has 1 unspecified atom stereocenters. The molecule has 1 saturated carbocycles. The summed E-state index contributed by atoms with van der Waals surface area (Å²) in [6.07, 6.45) is 6.92. The van der Waals surface area contributed by atoms with Crippen molar-refractivity contribution in [2.45, 2.75) is 56.6 Å². The first-order valence-corrected chi connectivity index (χ1v) is 6.28. The fourth-order valence-electron chi connectivity index (χ4n) is 2.47. The lowest BCUT2D eigenvalue weighted by Gasteiger charge is -2.31. The molecular formula is C12H21NO3. The van der Waals surface area contributed by atoms with Gasteiger partial charge >= 0.3 is 5.97 Å². The quantitative estimate of drug-likeness (QED) is 0.740. The highest BCUT2D eigenvalue weighted by molar-refractivity contribution is 5.80. The van der Waals surface area contributed by atoms with Crippen LogP contribution in [0, 0.1) is 0 Å². The van der Waals surface area contributed by atoms with Crippen molar-refractivity contribution >= 4 is 5.97 Å². The van der Waals surface area contributed by atoms with E-state index in [0.717, 1.165) is 45.1 Å². The van der Waals surface area contributed by atoms with Crippen molar-refractivity contribution in [2.24, 2.45) is 5.73 Å². The highest BCUT2D eigenvalue weighted by Gasteiger charge is 2.37. The van der Waals surface area contributed by atoms with E-state index in [1.54, 1.807) is 0 Å². The van der Waals surface area contributed by atoms with Crippen molar-refractivity contribution in [3.8, 4) is 0 Å². The van der Waals surface area contributed by atoms with Crippen molar-refractivity contribution < 1.29 is 14.3 Å². The highest BCUT2D eigenvalue weighted by atomic mass is 16.6. The molecule has 4 heteroatoms. The number of hydrogen-bond donors (Lipinski definition) is 1. The van der Waals surface area contributed by atoms with Crippen LogP contribution in [0.2, 0.25) is 0 Å². The number of carbonyl (C=O) groups is 1. The van der Waals surface area contributed by atoms with Crippen LogP contribution < -0.4 is 5.73 Å². The maximum Gasteiger partial charge on any atom is 0.326 e. The molecular weight excluding hydrogens is 206 g/mol. The van der Waals surface area contributed by atoms with Gasteiger partial charge in [0.05, 0.1) is 6.10 Å². The molecule has 0 radical (unpaired) electrons. The van der Waals surface area contributed by atoms with Gasteiger partial charge in [-0.25, -0.2) is 0 Å². The van der Waals surface area contributed by atoms with E-state index in [1.807, 2.05) is 0 Å². The van der Waals surface area contributed by atoms with Crippen LogP contribution in [0.1, 0.15) is 44.9 Å². The van der Waals surface area contributed by atoms with Crippen molar-refractivity contribution in [1.29, 1.82) is 0 Å². The van der Waals surface area contributed by atoms with E-state index in [9.17, 15) is 4.79 Å². The maximum absolute atomic E-state index is 11.9. The average molecular weight is 227 g/mol. The van der Waals surface area contributed by atoms with Crippen LogP contribution in [0.4, 0.5) is 0 Å². The third-order valence-corrected chi connectivity index (χ3v) is 3.58. The number of nitrogens with two attached hydrogens (primary N) is 1. The minimum atomic E-state index is -0.725. The van der Waals surface area contributed by atoms with Gasteiger partial charge in [0.15, 0.2) is 0 Å². The predicted octanol–water partition coefficient (Wildman–Crippen LogP) is 1.37. The lowest BCUT2D eigenvalue weighted by molar-refractivity contribution is -0.154. The molecule has 1 aliphatic heterocycles. The summed E-state index contributed by atoms with van der Waals surface area (Å²) in [4.78, 5) is 11.9. The molecule has 2 rings (SSSR count). The zero-order chi connectivity index (χ0) is 11.4. The number of carbonyl (C=O) groups excluding carboxylic acids is 1. The van der Waals surface area contributed by atoms with Crippen LogP contribution in [-0.2, 0) is 14.3 Å². The molecule has 0 aromatic heterocycles. The van der Waals surface area contributed by atoms with E-state index >= 15 is 0 Å². The van der Waals surface area contributed by atoms with E-state index in [2.05, 4.69) is 0 Å². The summed E-state index contributed by atoms with van der Waals surface area (Å²) in [5.41, 5.74) is 5.35. The smallest absolute Gasteiger partial charge is 0.326 e. The van der Waals surface area contributed by atoms with Crippen LogP contribution >= 0.6 is 0 Å². The number of esters is 1. The summed E-state index contributed by atoms with van der Waals surface area (Å²) in [6, 6.07) is 0. The Kier molecular flexibility index (Phi) is 3.82. The number of hydrogen-bond acceptors (Lipinski definition) is 4. The molecule has 1 heterocycles. The lowest BCUT2D eigenvalue weighted by atomic mass is 9.83. The molecule has 0 aromatic rings. The molecule has 1 saturated heterocycles. The predicted molar refractivity (Wildman–Crippen MR) is 59.9 cm³/mol. The van der Waals surface area contributed by atoms with Gasteiger partial charge in [0.2, 0.25) is 0 Å². The molecule has 0 spiro atoms. The fourth-order valence-corrected chi connectivity index (χ4v) is 2.47. The molecule has 4 nitrogen and oxygen atoms in total. The van der Waals surface area contributed by atoms with Gasteiger partial charge in [-0.15, -0.1) is 0 Å². The van der Waals surface area contributed by atoms with E-state index < -0.39 is 5.54 Å². The van der Waals surface area contributed by atoms with Crippen molar-refractivity contribution in [3.05, 3.63) is 0 Å². The van der Waals surface area contributed by atoms with E-state index in [4.69, 9.17) is 15.2 Å². The van der Waals surface area contributed by atoms with Gasteiger partial charge in [0.1, 0.15) is 12.1 Å². The van der Waals surface area contributed by atoms with E-state index in [0.29, 0.717) is 6.61 Å². The standard InChI is InChI=1S/C12H21NO3/c13-12(6-2-1-3-7-12)11(14)16-9-10-5-4-8-15-10/h10H,1-9,13H2. The molecule has 92 valence electrons. The first-order chi connectivity index (χ1) is 7.71. The zero-order valence-corrected chi connectivity index (χ0v) is 9.74. The molecule has 2 N–H and O–H groups in total. The van der Waals surface area contributed by atoms with Gasteiger partial charge in [0.25, 0.3) is 0 Å². The van der Waals surface area contributed by atoms with E-state index in [-0.39, 0.29) is 12.1 Å². The minimum absolute atomic E-state index is 0.0936. The Bertz CT molecular complexity index is 243. The molecule has 0 aromatic carbocycles. The van der Waals surface area contributed by atoms with Crippen molar-refractivity contribution in [1.82, 2.24) is 0 Å². The van der Waals surface area contributed by atoms with Gasteiger partial charge in [-0.3, -0.25) is 4.79 Å². The third kappa shape index (κ3) is 2.74. The van der Waals surface area contributed by atoms with Crippen molar-refractivity contribution in [2.75, 3.05) is 13.2 Å². The van der Waals surface area contributed by atoms with Gasteiger partial charge in [-0.05, 0) is 25.7 Å². The summed E-state index contributed by atoms with van der Waals surface area (Å²) < 4.78 is 10.7. The first-order valence-electron chi connectivity index (χ1n) is 6.28. The summed E-state index contributed by atoms with van der Waals surface area (Å²) in [7, 11) is 0. The maximum atomic E-state index is 11.9.